The van der Waals surface area contributed by atoms with Gasteiger partial charge in [-0.1, -0.05) is 12.1 Å². The van der Waals surface area contributed by atoms with Gasteiger partial charge in [0.25, 0.3) is 12.0 Å². The summed E-state index contributed by atoms with van der Waals surface area (Å²) in [7, 11) is 0. The predicted molar refractivity (Wildman–Crippen MR) is 136 cm³/mol. The van der Waals surface area contributed by atoms with E-state index in [2.05, 4.69) is 9.97 Å². The van der Waals surface area contributed by atoms with Crippen molar-refractivity contribution < 1.29 is 26.7 Å². The van der Waals surface area contributed by atoms with Crippen LogP contribution in [0.25, 0.3) is 31.4 Å². The molecule has 0 bridgehead atoms. The van der Waals surface area contributed by atoms with E-state index in [1.54, 1.807) is 18.5 Å². The molecule has 5 aromatic rings. The van der Waals surface area contributed by atoms with Crippen LogP contribution in [0.5, 0.6) is 5.88 Å². The molecule has 0 aliphatic rings. The minimum absolute atomic E-state index is 0.0153. The molecule has 1 aromatic carbocycles. The molecule has 7 nitrogen and oxygen atoms in total. The van der Waals surface area contributed by atoms with Gasteiger partial charge in [0, 0.05) is 41.0 Å². The molecule has 0 saturated heterocycles. The van der Waals surface area contributed by atoms with Gasteiger partial charge in [-0.25, -0.2) is 18.6 Å². The second-order valence-electron chi connectivity index (χ2n) is 8.78. The molecule has 0 aliphatic heterocycles. The third-order valence-electron chi connectivity index (χ3n) is 6.14. The van der Waals surface area contributed by atoms with Crippen molar-refractivity contribution in [3.8, 4) is 16.3 Å². The molecule has 0 amide bonds. The van der Waals surface area contributed by atoms with Gasteiger partial charge in [0.05, 0.1) is 17.4 Å². The number of halogens is 5. The van der Waals surface area contributed by atoms with Crippen molar-refractivity contribution in [1.82, 2.24) is 19.5 Å². The van der Waals surface area contributed by atoms with Crippen molar-refractivity contribution in [3.63, 3.8) is 0 Å². The fourth-order valence-corrected chi connectivity index (χ4v) is 5.55. The largest absolute Gasteiger partial charge is 0.472 e. The van der Waals surface area contributed by atoms with E-state index in [9.17, 15) is 31.5 Å². The van der Waals surface area contributed by atoms with Crippen LogP contribution in [-0.4, -0.2) is 25.7 Å². The highest BCUT2D eigenvalue weighted by atomic mass is 32.1. The smallest absolute Gasteiger partial charge is 0.390 e. The van der Waals surface area contributed by atoms with Crippen molar-refractivity contribution >= 4 is 32.3 Å². The molecule has 39 heavy (non-hydrogen) atoms. The maximum absolute atomic E-state index is 14.0. The van der Waals surface area contributed by atoms with E-state index < -0.39 is 42.4 Å². The SMILES string of the molecule is Cc1c(-c2cnc(OCc3ccc4ccncc4c3)c(C(F)F)c2)sc2c1c(=O)[nH]c(=O)n2CCC(F)(F)F. The number of nitrogens with one attached hydrogen (secondary N) is 1. The fourth-order valence-electron chi connectivity index (χ4n) is 4.24. The van der Waals surface area contributed by atoms with E-state index in [0.717, 1.165) is 32.2 Å². The first-order valence-corrected chi connectivity index (χ1v) is 12.4. The topological polar surface area (TPSA) is 89.9 Å². The van der Waals surface area contributed by atoms with E-state index in [1.165, 1.54) is 19.2 Å². The lowest BCUT2D eigenvalue weighted by Crippen LogP contribution is -2.31. The lowest BCUT2D eigenvalue weighted by Gasteiger charge is -2.12. The summed E-state index contributed by atoms with van der Waals surface area (Å²) >= 11 is 0.864. The molecule has 0 atom stereocenters. The van der Waals surface area contributed by atoms with Gasteiger partial charge >= 0.3 is 11.9 Å². The van der Waals surface area contributed by atoms with E-state index in [1.807, 2.05) is 23.2 Å². The first-order chi connectivity index (χ1) is 18.5. The molecule has 4 heterocycles. The average molecular weight is 563 g/mol. The van der Waals surface area contributed by atoms with Crippen LogP contribution in [0.15, 0.2) is 58.5 Å². The average Bonchev–Trinajstić information content (AvgIpc) is 3.23. The van der Waals surface area contributed by atoms with Crippen molar-refractivity contribution in [1.29, 1.82) is 0 Å². The van der Waals surface area contributed by atoms with E-state index >= 15 is 0 Å². The van der Waals surface area contributed by atoms with Crippen LogP contribution in [0, 0.1) is 6.92 Å². The Hall–Kier alpha value is -4.13. The number of hydrogen-bond donors (Lipinski definition) is 1. The van der Waals surface area contributed by atoms with Crippen LogP contribution in [0.3, 0.4) is 0 Å². The monoisotopic (exact) mass is 562 g/mol. The minimum Gasteiger partial charge on any atom is -0.472 e. The second-order valence-corrected chi connectivity index (χ2v) is 9.78. The van der Waals surface area contributed by atoms with Crippen molar-refractivity contribution in [2.24, 2.45) is 0 Å². The first-order valence-electron chi connectivity index (χ1n) is 11.6. The minimum atomic E-state index is -4.52. The standard InChI is InChI=1S/C26H19F5N4O3S/c1-13-19-22(36)34-25(37)35(7-5-26(29,30)31)24(19)39-20(13)17-9-18(21(27)28)23(33-11-17)38-12-14-2-3-15-4-6-32-10-16(15)8-14/h2-4,6,8-11,21H,5,7,12H2,1H3,(H,34,36,37). The molecule has 1 N–H and O–H groups in total. The van der Waals surface area contributed by atoms with Crippen LogP contribution < -0.4 is 16.0 Å². The van der Waals surface area contributed by atoms with Gasteiger partial charge in [-0.05, 0) is 41.6 Å². The third-order valence-corrected chi connectivity index (χ3v) is 7.51. The summed E-state index contributed by atoms with van der Waals surface area (Å²) < 4.78 is 73.0. The third kappa shape index (κ3) is 5.39. The Morgan fingerprint density at radius 3 is 2.64 bits per heavy atom. The van der Waals surface area contributed by atoms with Gasteiger partial charge in [-0.2, -0.15) is 13.2 Å². The number of fused-ring (bicyclic) bond motifs is 2. The van der Waals surface area contributed by atoms with E-state index in [4.69, 9.17) is 4.74 Å². The molecule has 0 spiro atoms. The molecule has 4 aromatic heterocycles. The highest BCUT2D eigenvalue weighted by Gasteiger charge is 2.28. The molecule has 202 valence electrons. The highest BCUT2D eigenvalue weighted by Crippen LogP contribution is 2.39. The molecule has 0 radical (unpaired) electrons. The maximum atomic E-state index is 14.0. The number of ether oxygens (including phenoxy) is 1. The number of rotatable bonds is 7. The summed E-state index contributed by atoms with van der Waals surface area (Å²) in [5.41, 5.74) is -0.983. The van der Waals surface area contributed by atoms with Crippen LogP contribution in [0.4, 0.5) is 22.0 Å². The molecule has 13 heteroatoms. The number of nitrogens with zero attached hydrogens (tertiary/aromatic N) is 3. The second kappa shape index (κ2) is 10.2. The quantitative estimate of drug-likeness (QED) is 0.241. The molecule has 0 aliphatic carbocycles. The number of pyridine rings is 2. The summed E-state index contributed by atoms with van der Waals surface area (Å²) in [5, 5.41) is 1.84. The van der Waals surface area contributed by atoms with E-state index in [0.29, 0.717) is 10.4 Å². The van der Waals surface area contributed by atoms with Gasteiger partial charge in [-0.15, -0.1) is 11.3 Å². The normalized spacial score (nSPS) is 12.1. The Bertz CT molecular complexity index is 1810. The summed E-state index contributed by atoms with van der Waals surface area (Å²) in [6.07, 6.45) is -4.12. The predicted octanol–water partition coefficient (Wildman–Crippen LogP) is 6.14. The summed E-state index contributed by atoms with van der Waals surface area (Å²) in [6, 6.07) is 8.50. The zero-order valence-electron chi connectivity index (χ0n) is 20.2. The number of hydrogen-bond acceptors (Lipinski definition) is 6. The van der Waals surface area contributed by atoms with Crippen molar-refractivity contribution in [2.75, 3.05) is 0 Å². The zero-order valence-corrected chi connectivity index (χ0v) is 21.0. The molecular weight excluding hydrogens is 543 g/mol. The Morgan fingerprint density at radius 1 is 1.10 bits per heavy atom. The summed E-state index contributed by atoms with van der Waals surface area (Å²) in [4.78, 5) is 35.3. The number of benzene rings is 1. The maximum Gasteiger partial charge on any atom is 0.390 e. The number of aryl methyl sites for hydroxylation is 2. The van der Waals surface area contributed by atoms with Crippen molar-refractivity contribution in [3.05, 3.63) is 86.5 Å². The number of H-pyrrole nitrogens is 1. The number of aromatic amines is 1. The lowest BCUT2D eigenvalue weighted by atomic mass is 10.1. The number of aromatic nitrogens is 4. The molecular formula is C26H19F5N4O3S. The Morgan fingerprint density at radius 2 is 1.90 bits per heavy atom. The van der Waals surface area contributed by atoms with Gasteiger partial charge in [0.1, 0.15) is 11.4 Å². The summed E-state index contributed by atoms with van der Waals surface area (Å²) in [5.74, 6) is -0.279. The van der Waals surface area contributed by atoms with E-state index in [-0.39, 0.29) is 28.3 Å². The van der Waals surface area contributed by atoms with Gasteiger partial charge in [0.2, 0.25) is 5.88 Å². The fraction of sp³-hybridized carbons (Fsp3) is 0.231. The van der Waals surface area contributed by atoms with Gasteiger partial charge in [-0.3, -0.25) is 19.3 Å². The first kappa shape index (κ1) is 26.5. The number of thiophene rings is 1. The molecule has 5 rings (SSSR count). The molecule has 0 fully saturated rings. The summed E-state index contributed by atoms with van der Waals surface area (Å²) in [6.45, 7) is 0.801. The van der Waals surface area contributed by atoms with Gasteiger partial charge in [0.15, 0.2) is 0 Å². The highest BCUT2D eigenvalue weighted by molar-refractivity contribution is 7.22. The molecule has 0 unspecified atom stereocenters. The van der Waals surface area contributed by atoms with Crippen LogP contribution in [0.2, 0.25) is 0 Å². The zero-order chi connectivity index (χ0) is 27.9. The van der Waals surface area contributed by atoms with Crippen LogP contribution >= 0.6 is 11.3 Å². The Balaban J connectivity index is 1.50. The van der Waals surface area contributed by atoms with Crippen LogP contribution in [0.1, 0.15) is 29.5 Å². The van der Waals surface area contributed by atoms with Gasteiger partial charge < -0.3 is 4.74 Å². The Kier molecular flexibility index (Phi) is 6.93. The molecule has 0 saturated carbocycles. The number of alkyl halides is 5. The Labute approximate surface area is 220 Å². The van der Waals surface area contributed by atoms with Crippen LogP contribution in [-0.2, 0) is 13.2 Å². The lowest BCUT2D eigenvalue weighted by molar-refractivity contribution is -0.136. The van der Waals surface area contributed by atoms with Crippen molar-refractivity contribution in [2.45, 2.75) is 39.1 Å².